The number of H-pyrrole nitrogens is 1. The van der Waals surface area contributed by atoms with E-state index in [4.69, 9.17) is 4.74 Å². The highest BCUT2D eigenvalue weighted by atomic mass is 16.6. The van der Waals surface area contributed by atoms with E-state index < -0.39 is 5.60 Å². The summed E-state index contributed by atoms with van der Waals surface area (Å²) in [6, 6.07) is 0. The van der Waals surface area contributed by atoms with Crippen LogP contribution in [-0.2, 0) is 11.3 Å². The molecule has 6 heteroatoms. The zero-order valence-electron chi connectivity index (χ0n) is 13.4. The number of amides is 1. The number of aromatic amines is 1. The van der Waals surface area contributed by atoms with Gasteiger partial charge in [0.1, 0.15) is 11.4 Å². The van der Waals surface area contributed by atoms with Crippen molar-refractivity contribution in [3.8, 4) is 0 Å². The molecule has 0 saturated heterocycles. The SMILES string of the molecule is Cc1ncc(CNCC2(NC(=O)OC(C)(C)C)CCC2)[nH]1. The fraction of sp³-hybridized carbons (Fsp3) is 0.733. The molecule has 1 saturated carbocycles. The highest BCUT2D eigenvalue weighted by Gasteiger charge is 2.39. The van der Waals surface area contributed by atoms with Crippen LogP contribution in [0.2, 0.25) is 0 Å². The Labute approximate surface area is 126 Å². The highest BCUT2D eigenvalue weighted by molar-refractivity contribution is 5.69. The molecule has 6 nitrogen and oxygen atoms in total. The Kier molecular flexibility index (Phi) is 4.56. The van der Waals surface area contributed by atoms with E-state index >= 15 is 0 Å². The molecule has 1 aliphatic rings. The van der Waals surface area contributed by atoms with Gasteiger partial charge in [-0.15, -0.1) is 0 Å². The standard InChI is InChI=1S/C15H26N4O2/c1-11-17-9-12(18-11)8-16-10-15(6-5-7-15)19-13(20)21-14(2,3)4/h9,16H,5-8,10H2,1-4H3,(H,17,18)(H,19,20). The first kappa shape index (κ1) is 15.8. The van der Waals surface area contributed by atoms with Crippen LogP contribution < -0.4 is 10.6 Å². The van der Waals surface area contributed by atoms with Crippen molar-refractivity contribution in [2.45, 2.75) is 64.6 Å². The summed E-state index contributed by atoms with van der Waals surface area (Å²) >= 11 is 0. The number of carbonyl (C=O) groups is 1. The summed E-state index contributed by atoms with van der Waals surface area (Å²) in [4.78, 5) is 19.3. The number of nitrogens with one attached hydrogen (secondary N) is 3. The van der Waals surface area contributed by atoms with E-state index in [9.17, 15) is 4.79 Å². The Morgan fingerprint density at radius 3 is 2.67 bits per heavy atom. The van der Waals surface area contributed by atoms with Crippen LogP contribution in [0.25, 0.3) is 0 Å². The van der Waals surface area contributed by atoms with Crippen molar-refractivity contribution in [3.05, 3.63) is 17.7 Å². The van der Waals surface area contributed by atoms with Crippen LogP contribution in [-0.4, -0.2) is 33.7 Å². The first-order valence-electron chi connectivity index (χ1n) is 7.50. The van der Waals surface area contributed by atoms with Crippen molar-refractivity contribution < 1.29 is 9.53 Å². The summed E-state index contributed by atoms with van der Waals surface area (Å²) in [5.74, 6) is 0.914. The van der Waals surface area contributed by atoms with E-state index in [0.29, 0.717) is 0 Å². The van der Waals surface area contributed by atoms with Crippen LogP contribution >= 0.6 is 0 Å². The Hall–Kier alpha value is -1.56. The Morgan fingerprint density at radius 1 is 1.48 bits per heavy atom. The van der Waals surface area contributed by atoms with Gasteiger partial charge in [0.2, 0.25) is 0 Å². The zero-order chi connectivity index (χ0) is 15.5. The molecule has 2 rings (SSSR count). The molecule has 21 heavy (non-hydrogen) atoms. The molecule has 118 valence electrons. The van der Waals surface area contributed by atoms with Crippen molar-refractivity contribution in [3.63, 3.8) is 0 Å². The average Bonchev–Trinajstić information content (AvgIpc) is 2.69. The molecule has 1 aliphatic carbocycles. The van der Waals surface area contributed by atoms with Crippen molar-refractivity contribution in [2.24, 2.45) is 0 Å². The monoisotopic (exact) mass is 294 g/mol. The number of imidazole rings is 1. The normalized spacial score (nSPS) is 17.1. The van der Waals surface area contributed by atoms with Crippen LogP contribution in [0.4, 0.5) is 4.79 Å². The predicted octanol–water partition coefficient (Wildman–Crippen LogP) is 2.26. The summed E-state index contributed by atoms with van der Waals surface area (Å²) in [5, 5.41) is 6.41. The maximum atomic E-state index is 11.9. The number of aryl methyl sites for hydroxylation is 1. The summed E-state index contributed by atoms with van der Waals surface area (Å²) in [6.07, 6.45) is 4.61. The average molecular weight is 294 g/mol. The van der Waals surface area contributed by atoms with Crippen LogP contribution in [0.15, 0.2) is 6.20 Å². The number of aromatic nitrogens is 2. The van der Waals surface area contributed by atoms with Gasteiger partial charge >= 0.3 is 6.09 Å². The van der Waals surface area contributed by atoms with Gasteiger partial charge in [0, 0.05) is 25.0 Å². The van der Waals surface area contributed by atoms with Crippen LogP contribution in [0.1, 0.15) is 51.6 Å². The van der Waals surface area contributed by atoms with Gasteiger partial charge in [-0.2, -0.15) is 0 Å². The van der Waals surface area contributed by atoms with Gasteiger partial charge in [-0.25, -0.2) is 9.78 Å². The number of carbonyl (C=O) groups excluding carboxylic acids is 1. The number of alkyl carbamates (subject to hydrolysis) is 1. The molecule has 3 N–H and O–H groups in total. The molecule has 0 radical (unpaired) electrons. The summed E-state index contributed by atoms with van der Waals surface area (Å²) in [6.45, 7) is 9.01. The molecule has 0 unspecified atom stereocenters. The largest absolute Gasteiger partial charge is 0.444 e. The van der Waals surface area contributed by atoms with E-state index in [1.54, 1.807) is 0 Å². The molecule has 0 spiro atoms. The summed E-state index contributed by atoms with van der Waals surface area (Å²) in [5.41, 5.74) is 0.423. The lowest BCUT2D eigenvalue weighted by atomic mass is 9.76. The third-order valence-electron chi connectivity index (χ3n) is 3.61. The minimum atomic E-state index is -0.462. The zero-order valence-corrected chi connectivity index (χ0v) is 13.4. The topological polar surface area (TPSA) is 79.0 Å². The van der Waals surface area contributed by atoms with Crippen LogP contribution in [0, 0.1) is 6.92 Å². The van der Waals surface area contributed by atoms with E-state index in [2.05, 4.69) is 20.6 Å². The smallest absolute Gasteiger partial charge is 0.408 e. The van der Waals surface area contributed by atoms with Crippen LogP contribution in [0.5, 0.6) is 0 Å². The molecule has 0 aromatic carbocycles. The third kappa shape index (κ3) is 4.74. The molecule has 0 aliphatic heterocycles. The molecule has 1 aromatic heterocycles. The van der Waals surface area contributed by atoms with Crippen molar-refractivity contribution in [1.82, 2.24) is 20.6 Å². The van der Waals surface area contributed by atoms with Gasteiger partial charge in [0.25, 0.3) is 0 Å². The molecule has 1 amide bonds. The van der Waals surface area contributed by atoms with Crippen molar-refractivity contribution >= 4 is 6.09 Å². The molecular weight excluding hydrogens is 268 g/mol. The number of ether oxygens (including phenoxy) is 1. The molecule has 0 atom stereocenters. The first-order valence-corrected chi connectivity index (χ1v) is 7.50. The lowest BCUT2D eigenvalue weighted by Gasteiger charge is -2.42. The predicted molar refractivity (Wildman–Crippen MR) is 81.0 cm³/mol. The Balaban J connectivity index is 1.80. The maximum Gasteiger partial charge on any atom is 0.408 e. The molecule has 1 aromatic rings. The minimum Gasteiger partial charge on any atom is -0.444 e. The molecule has 1 fully saturated rings. The highest BCUT2D eigenvalue weighted by Crippen LogP contribution is 2.31. The maximum absolute atomic E-state index is 11.9. The van der Waals surface area contributed by atoms with Gasteiger partial charge in [-0.3, -0.25) is 0 Å². The van der Waals surface area contributed by atoms with Gasteiger partial charge in [0.05, 0.1) is 5.54 Å². The number of hydrogen-bond acceptors (Lipinski definition) is 4. The third-order valence-corrected chi connectivity index (χ3v) is 3.61. The van der Waals surface area contributed by atoms with Gasteiger partial charge in [-0.1, -0.05) is 0 Å². The van der Waals surface area contributed by atoms with Gasteiger partial charge < -0.3 is 20.4 Å². The van der Waals surface area contributed by atoms with Gasteiger partial charge in [0.15, 0.2) is 0 Å². The molecular formula is C15H26N4O2. The van der Waals surface area contributed by atoms with Gasteiger partial charge in [-0.05, 0) is 47.0 Å². The van der Waals surface area contributed by atoms with Crippen molar-refractivity contribution in [1.29, 1.82) is 0 Å². The van der Waals surface area contributed by atoms with Crippen molar-refractivity contribution in [2.75, 3.05) is 6.54 Å². The molecule has 0 bridgehead atoms. The quantitative estimate of drug-likeness (QED) is 0.778. The lowest BCUT2D eigenvalue weighted by Crippen LogP contribution is -2.59. The minimum absolute atomic E-state index is 0.169. The van der Waals surface area contributed by atoms with E-state index in [-0.39, 0.29) is 11.6 Å². The van der Waals surface area contributed by atoms with E-state index in [0.717, 1.165) is 43.9 Å². The second-order valence-electron chi connectivity index (χ2n) is 6.86. The summed E-state index contributed by atoms with van der Waals surface area (Å²) < 4.78 is 5.34. The first-order chi connectivity index (χ1) is 9.78. The second-order valence-corrected chi connectivity index (χ2v) is 6.86. The number of nitrogens with zero attached hydrogens (tertiary/aromatic N) is 1. The van der Waals surface area contributed by atoms with Crippen LogP contribution in [0.3, 0.4) is 0 Å². The fourth-order valence-electron chi connectivity index (χ4n) is 2.47. The lowest BCUT2D eigenvalue weighted by molar-refractivity contribution is 0.0382. The second kappa shape index (κ2) is 6.05. The number of rotatable bonds is 5. The summed E-state index contributed by atoms with van der Waals surface area (Å²) in [7, 11) is 0. The van der Waals surface area contributed by atoms with E-state index in [1.807, 2.05) is 33.9 Å². The number of hydrogen-bond donors (Lipinski definition) is 3. The molecule has 1 heterocycles. The van der Waals surface area contributed by atoms with E-state index in [1.165, 1.54) is 0 Å². The fourth-order valence-corrected chi connectivity index (χ4v) is 2.47. The Bertz CT molecular complexity index is 486. The Morgan fingerprint density at radius 2 is 2.19 bits per heavy atom.